The molecule has 1 aromatic carbocycles. The Morgan fingerprint density at radius 2 is 2.00 bits per heavy atom. The molecular formula is C11H8N. The lowest BCUT2D eigenvalue weighted by Crippen LogP contribution is -1.83. The van der Waals surface area contributed by atoms with Crippen molar-refractivity contribution in [3.8, 4) is 0 Å². The maximum absolute atomic E-state index is 5.45. The summed E-state index contributed by atoms with van der Waals surface area (Å²) < 4.78 is 0. The number of nitrogens with zero attached hydrogens (tertiary/aromatic N) is 1. The van der Waals surface area contributed by atoms with Crippen molar-refractivity contribution in [1.82, 2.24) is 4.98 Å². The Labute approximate surface area is 72.1 Å². The van der Waals surface area contributed by atoms with Crippen LogP contribution in [0.5, 0.6) is 0 Å². The topological polar surface area (TPSA) is 12.9 Å². The summed E-state index contributed by atoms with van der Waals surface area (Å²) in [4.78, 5) is 4.07. The van der Waals surface area contributed by atoms with Gasteiger partial charge in [-0.25, -0.2) is 0 Å². The van der Waals surface area contributed by atoms with Gasteiger partial charge < -0.3 is 0 Å². The number of rotatable bonds is 1. The first-order valence-electron chi connectivity index (χ1n) is 3.79. The molecule has 0 aliphatic heterocycles. The van der Waals surface area contributed by atoms with Gasteiger partial charge in [0.1, 0.15) is 0 Å². The average molecular weight is 154 g/mol. The molecule has 2 aromatic rings. The van der Waals surface area contributed by atoms with Crippen LogP contribution in [0.1, 0.15) is 5.56 Å². The van der Waals surface area contributed by atoms with Crippen molar-refractivity contribution in [2.45, 2.75) is 0 Å². The first kappa shape index (κ1) is 7.29. The first-order chi connectivity index (χ1) is 5.92. The van der Waals surface area contributed by atoms with E-state index in [1.54, 1.807) is 12.6 Å². The molecule has 1 heterocycles. The molecule has 3 radical (unpaired) electrons. The van der Waals surface area contributed by atoms with Gasteiger partial charge in [0.2, 0.25) is 0 Å². The van der Waals surface area contributed by atoms with E-state index in [0.717, 1.165) is 16.3 Å². The molecule has 57 valence electrons. The molecule has 0 fully saturated rings. The van der Waals surface area contributed by atoms with Crippen LogP contribution in [-0.2, 0) is 0 Å². The highest BCUT2D eigenvalue weighted by Crippen LogP contribution is 2.17. The molecule has 1 heteroatoms. The third-order valence-electron chi connectivity index (χ3n) is 1.88. The summed E-state index contributed by atoms with van der Waals surface area (Å²) in [6, 6.07) is 8.05. The van der Waals surface area contributed by atoms with Crippen molar-refractivity contribution < 1.29 is 0 Å². The van der Waals surface area contributed by atoms with Gasteiger partial charge in [0.15, 0.2) is 0 Å². The van der Waals surface area contributed by atoms with Crippen molar-refractivity contribution in [2.75, 3.05) is 0 Å². The number of benzene rings is 1. The first-order valence-corrected chi connectivity index (χ1v) is 3.79. The fourth-order valence-electron chi connectivity index (χ4n) is 1.27. The van der Waals surface area contributed by atoms with Crippen LogP contribution < -0.4 is 0 Å². The minimum atomic E-state index is 0.980. The molecule has 0 unspecified atom stereocenters. The van der Waals surface area contributed by atoms with Crippen molar-refractivity contribution >= 4 is 10.8 Å². The number of aromatic nitrogens is 1. The highest BCUT2D eigenvalue weighted by molar-refractivity contribution is 5.85. The van der Waals surface area contributed by atoms with Gasteiger partial charge in [0.25, 0.3) is 0 Å². The van der Waals surface area contributed by atoms with E-state index < -0.39 is 0 Å². The van der Waals surface area contributed by atoms with Crippen LogP contribution in [0.4, 0.5) is 0 Å². The van der Waals surface area contributed by atoms with Crippen LogP contribution in [0.3, 0.4) is 0 Å². The van der Waals surface area contributed by atoms with Crippen LogP contribution >= 0.6 is 0 Å². The highest BCUT2D eigenvalue weighted by Gasteiger charge is 1.96. The highest BCUT2D eigenvalue weighted by atomic mass is 14.6. The van der Waals surface area contributed by atoms with Crippen LogP contribution in [0.25, 0.3) is 10.8 Å². The molecule has 0 saturated heterocycles. The van der Waals surface area contributed by atoms with Gasteiger partial charge in [-0.3, -0.25) is 4.98 Å². The molecule has 1 aromatic heterocycles. The van der Waals surface area contributed by atoms with Crippen LogP contribution in [0.2, 0.25) is 0 Å². The molecule has 0 saturated carbocycles. The fourth-order valence-corrected chi connectivity index (χ4v) is 1.27. The van der Waals surface area contributed by atoms with E-state index in [1.165, 1.54) is 0 Å². The minimum Gasteiger partial charge on any atom is -0.264 e. The van der Waals surface area contributed by atoms with Gasteiger partial charge in [0.05, 0.1) is 0 Å². The number of pyridine rings is 1. The molecule has 0 spiro atoms. The Kier molecular flexibility index (Phi) is 1.78. The van der Waals surface area contributed by atoms with Gasteiger partial charge in [-0.2, -0.15) is 0 Å². The Bertz CT molecular complexity index is 388. The van der Waals surface area contributed by atoms with Crippen molar-refractivity contribution in [3.05, 3.63) is 55.6 Å². The normalized spacial score (nSPS) is 10.4. The van der Waals surface area contributed by atoms with E-state index >= 15 is 0 Å². The van der Waals surface area contributed by atoms with Gasteiger partial charge in [0, 0.05) is 17.8 Å². The van der Waals surface area contributed by atoms with E-state index in [9.17, 15) is 0 Å². The molecule has 0 aliphatic rings. The standard InChI is InChI=1S/C11H8N/c1-2-9-7-12-8-10-5-3-4-6-11(9)10/h1-8H. The molecular weight excluding hydrogens is 146 g/mol. The third kappa shape index (κ3) is 1.07. The van der Waals surface area contributed by atoms with E-state index in [-0.39, 0.29) is 0 Å². The average Bonchev–Trinajstić information content (AvgIpc) is 2.17. The zero-order valence-corrected chi connectivity index (χ0v) is 6.57. The summed E-state index contributed by atoms with van der Waals surface area (Å²) in [6.45, 7) is 5.45. The van der Waals surface area contributed by atoms with Gasteiger partial charge in [-0.05, 0) is 24.3 Å². The summed E-state index contributed by atoms with van der Waals surface area (Å²) in [5.41, 5.74) is 0.980. The maximum atomic E-state index is 5.45. The van der Waals surface area contributed by atoms with Gasteiger partial charge in [-0.1, -0.05) is 24.3 Å². The van der Waals surface area contributed by atoms with Gasteiger partial charge in [-0.15, -0.1) is 0 Å². The number of hydrogen-bond donors (Lipinski definition) is 0. The van der Waals surface area contributed by atoms with E-state index in [1.807, 2.05) is 30.5 Å². The Morgan fingerprint density at radius 1 is 1.17 bits per heavy atom. The van der Waals surface area contributed by atoms with Crippen molar-refractivity contribution in [2.24, 2.45) is 0 Å². The van der Waals surface area contributed by atoms with Gasteiger partial charge >= 0.3 is 0 Å². The summed E-state index contributed by atoms with van der Waals surface area (Å²) in [5, 5.41) is 2.27. The lowest BCUT2D eigenvalue weighted by molar-refractivity contribution is 1.33. The second-order valence-electron chi connectivity index (χ2n) is 2.62. The summed E-state index contributed by atoms with van der Waals surface area (Å²) in [6.07, 6.45) is 5.18. The molecule has 0 N–H and O–H groups in total. The quantitative estimate of drug-likeness (QED) is 0.615. The molecule has 0 atom stereocenters. The SMILES string of the molecule is [CH][CH]c1cncc2ccccc12. The predicted molar refractivity (Wildman–Crippen MR) is 49.4 cm³/mol. The maximum Gasteiger partial charge on any atom is 0.0346 e. The van der Waals surface area contributed by atoms with E-state index in [0.29, 0.717) is 0 Å². The Hall–Kier alpha value is -1.37. The van der Waals surface area contributed by atoms with Crippen LogP contribution in [0, 0.1) is 13.3 Å². The molecule has 2 rings (SSSR count). The lowest BCUT2D eigenvalue weighted by atomic mass is 10.1. The molecule has 0 aliphatic carbocycles. The van der Waals surface area contributed by atoms with Crippen molar-refractivity contribution in [1.29, 1.82) is 0 Å². The van der Waals surface area contributed by atoms with Crippen molar-refractivity contribution in [3.63, 3.8) is 0 Å². The predicted octanol–water partition coefficient (Wildman–Crippen LogP) is 2.50. The number of fused-ring (bicyclic) bond motifs is 1. The van der Waals surface area contributed by atoms with Crippen LogP contribution in [-0.4, -0.2) is 4.98 Å². The zero-order valence-electron chi connectivity index (χ0n) is 6.57. The molecule has 0 amide bonds. The Morgan fingerprint density at radius 3 is 2.83 bits per heavy atom. The third-order valence-corrected chi connectivity index (χ3v) is 1.88. The smallest absolute Gasteiger partial charge is 0.0346 e. The van der Waals surface area contributed by atoms with E-state index in [4.69, 9.17) is 6.92 Å². The fraction of sp³-hybridized carbons (Fsp3) is 0. The second-order valence-corrected chi connectivity index (χ2v) is 2.62. The Balaban J connectivity index is 2.79. The second kappa shape index (κ2) is 2.94. The zero-order chi connectivity index (χ0) is 8.39. The minimum absolute atomic E-state index is 0.980. The molecule has 1 nitrogen and oxygen atoms in total. The monoisotopic (exact) mass is 154 g/mol. The lowest BCUT2D eigenvalue weighted by Gasteiger charge is -2.00. The molecule has 0 bridgehead atoms. The van der Waals surface area contributed by atoms with Crippen LogP contribution in [0.15, 0.2) is 36.7 Å². The summed E-state index contributed by atoms with van der Waals surface area (Å²) >= 11 is 0. The number of hydrogen-bond acceptors (Lipinski definition) is 1. The summed E-state index contributed by atoms with van der Waals surface area (Å²) in [7, 11) is 0. The largest absolute Gasteiger partial charge is 0.264 e. The summed E-state index contributed by atoms with van der Waals surface area (Å²) in [5.74, 6) is 0. The van der Waals surface area contributed by atoms with E-state index in [2.05, 4.69) is 4.98 Å². The molecule has 12 heavy (non-hydrogen) atoms.